The number of piperidine rings is 1. The van der Waals surface area contributed by atoms with Crippen LogP contribution in [0.25, 0.3) is 11.3 Å². The summed E-state index contributed by atoms with van der Waals surface area (Å²) in [4.78, 5) is 21.1. The molecule has 55 heavy (non-hydrogen) atoms. The van der Waals surface area contributed by atoms with Gasteiger partial charge in [-0.1, -0.05) is 57.2 Å². The highest BCUT2D eigenvalue weighted by atomic mass is 16.5. The predicted molar refractivity (Wildman–Crippen MR) is 217 cm³/mol. The summed E-state index contributed by atoms with van der Waals surface area (Å²) < 4.78 is 10.6. The molecule has 2 saturated heterocycles. The number of benzene rings is 2. The van der Waals surface area contributed by atoms with Gasteiger partial charge in [0.05, 0.1) is 23.6 Å². The minimum absolute atomic E-state index is 0.150. The molecule has 3 atom stereocenters. The van der Waals surface area contributed by atoms with E-state index < -0.39 is 0 Å². The van der Waals surface area contributed by atoms with Crippen molar-refractivity contribution in [2.75, 3.05) is 56.5 Å². The van der Waals surface area contributed by atoms with Gasteiger partial charge in [-0.2, -0.15) is 5.10 Å². The van der Waals surface area contributed by atoms with Crippen molar-refractivity contribution in [3.05, 3.63) is 95.3 Å². The number of hydrogen-bond acceptors (Lipinski definition) is 8. The quantitative estimate of drug-likeness (QED) is 0.164. The van der Waals surface area contributed by atoms with E-state index >= 15 is 0 Å². The van der Waals surface area contributed by atoms with E-state index in [0.717, 1.165) is 111 Å². The third-order valence-electron chi connectivity index (χ3n) is 11.6. The third kappa shape index (κ3) is 8.21. The smallest absolute Gasteiger partial charge is 0.320 e. The van der Waals surface area contributed by atoms with Crippen LogP contribution in [0, 0.1) is 0 Å². The molecule has 1 aliphatic carbocycles. The van der Waals surface area contributed by atoms with Crippen LogP contribution in [-0.2, 0) is 11.8 Å². The fraction of sp³-hybridized carbons (Fsp3) is 0.488. The Kier molecular flexibility index (Phi) is 10.5. The van der Waals surface area contributed by atoms with Crippen molar-refractivity contribution in [3.8, 4) is 11.4 Å². The fourth-order valence-electron chi connectivity index (χ4n) is 8.25. The summed E-state index contributed by atoms with van der Waals surface area (Å²) in [5, 5.41) is 20.5. The van der Waals surface area contributed by atoms with Gasteiger partial charge in [0.25, 0.3) is 0 Å². The number of carbonyl (C=O) groups is 1. The molecule has 2 N–H and O–H groups in total. The van der Waals surface area contributed by atoms with Gasteiger partial charge in [-0.25, -0.2) is 9.48 Å². The van der Waals surface area contributed by atoms with Crippen LogP contribution in [0.5, 0.6) is 5.75 Å². The Morgan fingerprint density at radius 1 is 0.891 bits per heavy atom. The normalized spacial score (nSPS) is 21.0. The van der Waals surface area contributed by atoms with Gasteiger partial charge < -0.3 is 24.8 Å². The van der Waals surface area contributed by atoms with Crippen molar-refractivity contribution in [2.45, 2.75) is 89.8 Å². The van der Waals surface area contributed by atoms with Crippen LogP contribution in [-0.4, -0.2) is 92.6 Å². The van der Waals surface area contributed by atoms with Gasteiger partial charge >= 0.3 is 6.03 Å². The van der Waals surface area contributed by atoms with Crippen LogP contribution in [0.3, 0.4) is 0 Å². The molecule has 12 heteroatoms. The highest BCUT2D eigenvalue weighted by Crippen LogP contribution is 2.39. The molecular weight excluding hydrogens is 689 g/mol. The van der Waals surface area contributed by atoms with Crippen LogP contribution in [0.1, 0.15) is 94.3 Å². The number of likely N-dealkylation sites (N-methyl/N-ethyl adjacent to an activating group) is 1. The summed E-state index contributed by atoms with van der Waals surface area (Å²) in [6.07, 6.45) is 7.89. The Hall–Kier alpha value is -4.94. The van der Waals surface area contributed by atoms with Crippen molar-refractivity contribution < 1.29 is 9.53 Å². The minimum Gasteiger partial charge on any atom is -0.484 e. The number of aromatic nitrogens is 5. The molecule has 2 aromatic carbocycles. The van der Waals surface area contributed by atoms with Gasteiger partial charge in [-0.05, 0) is 93.5 Å². The zero-order valence-corrected chi connectivity index (χ0v) is 33.0. The topological polar surface area (TPSA) is 108 Å². The number of amides is 2. The van der Waals surface area contributed by atoms with E-state index in [0.29, 0.717) is 11.9 Å². The molecule has 290 valence electrons. The van der Waals surface area contributed by atoms with Crippen LogP contribution in [0.15, 0.2) is 72.9 Å². The number of carbonyl (C=O) groups excluding carboxylic acids is 1. The lowest BCUT2D eigenvalue weighted by Crippen LogP contribution is -2.45. The second-order valence-electron chi connectivity index (χ2n) is 16.7. The van der Waals surface area contributed by atoms with Gasteiger partial charge in [0, 0.05) is 56.8 Å². The highest BCUT2D eigenvalue weighted by Gasteiger charge is 2.31. The van der Waals surface area contributed by atoms with E-state index in [9.17, 15) is 4.79 Å². The maximum absolute atomic E-state index is 13.8. The van der Waals surface area contributed by atoms with E-state index in [2.05, 4.69) is 111 Å². The van der Waals surface area contributed by atoms with E-state index in [1.807, 2.05) is 41.2 Å². The molecule has 12 nitrogen and oxygen atoms in total. The average molecular weight is 745 g/mol. The zero-order chi connectivity index (χ0) is 38.1. The molecule has 1 unspecified atom stereocenters. The number of anilines is 2. The summed E-state index contributed by atoms with van der Waals surface area (Å²) >= 11 is 0. The number of ether oxygens (including phenoxy) is 1. The van der Waals surface area contributed by atoms with E-state index in [-0.39, 0.29) is 23.6 Å². The van der Waals surface area contributed by atoms with Gasteiger partial charge in [0.1, 0.15) is 17.7 Å². The molecule has 3 aliphatic rings. The molecule has 0 radical (unpaired) electrons. The van der Waals surface area contributed by atoms with Gasteiger partial charge in [-0.3, -0.25) is 9.72 Å². The van der Waals surface area contributed by atoms with Crippen LogP contribution >= 0.6 is 0 Å². The Balaban J connectivity index is 0.967. The highest BCUT2D eigenvalue weighted by molar-refractivity contribution is 5.89. The summed E-state index contributed by atoms with van der Waals surface area (Å²) in [5.74, 6) is 2.29. The van der Waals surface area contributed by atoms with Crippen LogP contribution < -0.4 is 20.3 Å². The molecule has 2 amide bonds. The lowest BCUT2D eigenvalue weighted by molar-refractivity contribution is 0.155. The summed E-state index contributed by atoms with van der Waals surface area (Å²) in [6.45, 7) is 15.1. The average Bonchev–Trinajstić information content (AvgIpc) is 3.80. The third-order valence-corrected chi connectivity index (χ3v) is 11.6. The number of piperazine rings is 1. The molecule has 0 saturated carbocycles. The number of hydrogen-bond donors (Lipinski definition) is 2. The Morgan fingerprint density at radius 3 is 2.51 bits per heavy atom. The van der Waals surface area contributed by atoms with Gasteiger partial charge in [0.2, 0.25) is 5.95 Å². The maximum atomic E-state index is 13.8. The molecule has 5 aromatic rings. The fourth-order valence-corrected chi connectivity index (χ4v) is 8.25. The van der Waals surface area contributed by atoms with Crippen LogP contribution in [0.4, 0.5) is 16.6 Å². The van der Waals surface area contributed by atoms with Crippen molar-refractivity contribution in [1.82, 2.24) is 39.5 Å². The predicted octanol–water partition coefficient (Wildman–Crippen LogP) is 7.16. The second-order valence-corrected chi connectivity index (χ2v) is 16.7. The number of rotatable bonds is 9. The van der Waals surface area contributed by atoms with E-state index in [1.165, 1.54) is 12.0 Å². The number of nitrogens with one attached hydrogen (secondary N) is 2. The Bertz CT molecular complexity index is 2110. The summed E-state index contributed by atoms with van der Waals surface area (Å²) in [5.41, 5.74) is 5.88. The van der Waals surface area contributed by atoms with Crippen molar-refractivity contribution in [1.29, 1.82) is 0 Å². The molecule has 5 heterocycles. The molecular formula is C43H56N10O2. The second kappa shape index (κ2) is 15.7. The van der Waals surface area contributed by atoms with Crippen molar-refractivity contribution in [2.24, 2.45) is 0 Å². The lowest BCUT2D eigenvalue weighted by Gasteiger charge is -2.33. The summed E-state index contributed by atoms with van der Waals surface area (Å²) in [7, 11) is 2.19. The molecule has 2 aliphatic heterocycles. The SMILES string of the molecule is CC1CCCCN1c1nnc2ccc(O[C@@H]3CC[C@H](NC(=O)Nc4cc(C(C)(C)C)nn4-c4cccc(CCN5CCN(C)CC5)c4)c4ccccc43)cn12. The molecule has 8 rings (SSSR count). The van der Waals surface area contributed by atoms with E-state index in [1.54, 1.807) is 0 Å². The first-order valence-electron chi connectivity index (χ1n) is 20.1. The first kappa shape index (κ1) is 37.0. The minimum atomic E-state index is -0.260. The molecule has 3 aromatic heterocycles. The standard InChI is InChI=1S/C43H56N10O2/c1-30-11-8-9-21-51(30)42-47-46-39-19-16-33(29-52(39)42)55-37-18-17-36(34-14-6-7-15-35(34)37)44-41(54)45-40-28-38(43(2,3)4)48-53(40)32-13-10-12-31(27-32)20-22-50-25-23-49(5)24-26-50/h6-7,10,12-16,19,27-30,36-37H,8-9,11,17-18,20-26H2,1-5H3,(H2,44,45,54)/t30?,36-,37+/m0/s1. The lowest BCUT2D eigenvalue weighted by atomic mass is 9.85. The Morgan fingerprint density at radius 2 is 1.71 bits per heavy atom. The number of pyridine rings is 1. The maximum Gasteiger partial charge on any atom is 0.320 e. The monoisotopic (exact) mass is 744 g/mol. The molecule has 0 bridgehead atoms. The zero-order valence-electron chi connectivity index (χ0n) is 33.0. The van der Waals surface area contributed by atoms with E-state index in [4.69, 9.17) is 9.84 Å². The largest absolute Gasteiger partial charge is 0.484 e. The number of nitrogens with zero attached hydrogens (tertiary/aromatic N) is 8. The van der Waals surface area contributed by atoms with Gasteiger partial charge in [-0.15, -0.1) is 10.2 Å². The van der Waals surface area contributed by atoms with Crippen LogP contribution in [0.2, 0.25) is 0 Å². The molecule has 2 fully saturated rings. The van der Waals surface area contributed by atoms with Crippen molar-refractivity contribution in [3.63, 3.8) is 0 Å². The van der Waals surface area contributed by atoms with Crippen molar-refractivity contribution >= 4 is 23.4 Å². The Labute approximate surface area is 324 Å². The summed E-state index contributed by atoms with van der Waals surface area (Å²) in [6, 6.07) is 22.8. The first-order chi connectivity index (χ1) is 26.6. The number of urea groups is 1. The first-order valence-corrected chi connectivity index (χ1v) is 20.1. The van der Waals surface area contributed by atoms with Gasteiger partial charge in [0.15, 0.2) is 5.65 Å². The number of fused-ring (bicyclic) bond motifs is 2. The molecule has 0 spiro atoms.